The van der Waals surface area contributed by atoms with Gasteiger partial charge in [-0.1, -0.05) is 0 Å². The minimum Gasteiger partial charge on any atom is -0.726 e. The normalized spacial score (nSPS) is 10.6. The molecule has 0 bridgehead atoms. The predicted octanol–water partition coefficient (Wildman–Crippen LogP) is 2.31. The molecule has 1 heterocycles. The van der Waals surface area contributed by atoms with Gasteiger partial charge in [-0.05, 0) is 40.3 Å². The standard InChI is InChI=1S/C7H3ClIN4.H2O4S/c8-7-11-5-1-3(9)4(13-10)2-6(5)12-7;1-5(2,3)4/h1-2H,(H,11,12);(H2,1,2,3,4)/q+1;/p-1. The minimum atomic E-state index is -4.92. The zero-order valence-corrected chi connectivity index (χ0v) is 12.1. The summed E-state index contributed by atoms with van der Waals surface area (Å²) in [7, 11) is -4.92. The van der Waals surface area contributed by atoms with Crippen molar-refractivity contribution in [1.29, 1.82) is 5.39 Å². The summed E-state index contributed by atoms with van der Waals surface area (Å²) in [5.74, 6) is 0. The highest BCUT2D eigenvalue weighted by Crippen LogP contribution is 2.27. The molecule has 1 aromatic carbocycles. The number of halogens is 2. The van der Waals surface area contributed by atoms with Gasteiger partial charge in [0.25, 0.3) is 0 Å². The Bertz CT molecular complexity index is 715. The van der Waals surface area contributed by atoms with E-state index in [1.807, 2.05) is 6.07 Å². The number of benzene rings is 1. The van der Waals surface area contributed by atoms with Gasteiger partial charge in [0.1, 0.15) is 3.57 Å². The summed E-state index contributed by atoms with van der Waals surface area (Å²) in [6, 6.07) is 3.49. The Morgan fingerprint density at radius 2 is 2.11 bits per heavy atom. The summed E-state index contributed by atoms with van der Waals surface area (Å²) < 4.78 is 33.7. The number of hydrogen-bond acceptors (Lipinski definition) is 5. The van der Waals surface area contributed by atoms with E-state index in [4.69, 9.17) is 34.5 Å². The van der Waals surface area contributed by atoms with Crippen LogP contribution in [0.5, 0.6) is 0 Å². The van der Waals surface area contributed by atoms with Crippen LogP contribution in [-0.2, 0) is 10.4 Å². The Kier molecular flexibility index (Phi) is 4.82. The number of aromatic nitrogens is 2. The maximum atomic E-state index is 8.63. The number of diazo groups is 1. The van der Waals surface area contributed by atoms with Crippen LogP contribution in [0.2, 0.25) is 5.28 Å². The number of H-pyrrole nitrogens is 1. The SMILES string of the molecule is N#[N+]c1cc2nc(Cl)[nH]c2cc1I.O=S(=O)([O-])O. The van der Waals surface area contributed by atoms with Crippen molar-refractivity contribution in [3.05, 3.63) is 26.0 Å². The van der Waals surface area contributed by atoms with Crippen LogP contribution in [0.3, 0.4) is 0 Å². The second-order valence-corrected chi connectivity index (χ2v) is 5.25. The fraction of sp³-hybridized carbons (Fsp3) is 0. The molecule has 0 aliphatic heterocycles. The molecule has 8 nitrogen and oxygen atoms in total. The number of rotatable bonds is 0. The Balaban J connectivity index is 0.000000280. The average molecular weight is 403 g/mol. The van der Waals surface area contributed by atoms with Crippen LogP contribution in [0.4, 0.5) is 5.69 Å². The van der Waals surface area contributed by atoms with Crippen LogP contribution in [0, 0.1) is 8.96 Å². The molecule has 0 saturated heterocycles. The Hall–Kier alpha value is -1.000. The Morgan fingerprint density at radius 3 is 2.61 bits per heavy atom. The predicted molar refractivity (Wildman–Crippen MR) is 70.9 cm³/mol. The number of aromatic amines is 1. The average Bonchev–Trinajstić information content (AvgIpc) is 2.53. The first kappa shape index (κ1) is 15.1. The molecular weight excluding hydrogens is 399 g/mol. The van der Waals surface area contributed by atoms with E-state index in [-0.39, 0.29) is 0 Å². The molecule has 2 N–H and O–H groups in total. The maximum Gasteiger partial charge on any atom is 0.400 e. The zero-order valence-electron chi connectivity index (χ0n) is 8.33. The van der Waals surface area contributed by atoms with Gasteiger partial charge in [-0.3, -0.25) is 4.55 Å². The summed E-state index contributed by atoms with van der Waals surface area (Å²) >= 11 is 7.74. The van der Waals surface area contributed by atoms with Crippen molar-refractivity contribution < 1.29 is 17.5 Å². The van der Waals surface area contributed by atoms with Gasteiger partial charge in [-0.25, -0.2) is 13.4 Å². The van der Waals surface area contributed by atoms with Crippen molar-refractivity contribution in [3.8, 4) is 0 Å². The molecule has 0 unspecified atom stereocenters. The first-order valence-electron chi connectivity index (χ1n) is 4.09. The third kappa shape index (κ3) is 4.70. The van der Waals surface area contributed by atoms with Crippen molar-refractivity contribution in [2.75, 3.05) is 0 Å². The molecule has 0 fully saturated rings. The van der Waals surface area contributed by atoms with Crippen LogP contribution in [0.25, 0.3) is 16.0 Å². The second kappa shape index (κ2) is 5.76. The molecule has 0 atom stereocenters. The number of imidazole rings is 1. The van der Waals surface area contributed by atoms with Crippen molar-refractivity contribution in [2.24, 2.45) is 0 Å². The molecule has 2 rings (SSSR count). The second-order valence-electron chi connectivity index (χ2n) is 2.88. The van der Waals surface area contributed by atoms with Gasteiger partial charge in [-0.2, -0.15) is 0 Å². The Morgan fingerprint density at radius 1 is 1.56 bits per heavy atom. The van der Waals surface area contributed by atoms with Crippen LogP contribution in [-0.4, -0.2) is 27.5 Å². The first-order chi connectivity index (χ1) is 8.20. The minimum absolute atomic E-state index is 0.334. The maximum absolute atomic E-state index is 8.63. The van der Waals surface area contributed by atoms with Gasteiger partial charge in [0, 0.05) is 0 Å². The molecular formula is C7H4ClIN4O4S. The molecule has 1 aromatic heterocycles. The van der Waals surface area contributed by atoms with Gasteiger partial charge < -0.3 is 9.54 Å². The van der Waals surface area contributed by atoms with E-state index in [9.17, 15) is 0 Å². The van der Waals surface area contributed by atoms with Crippen molar-refractivity contribution in [2.45, 2.75) is 0 Å². The molecule has 0 spiro atoms. The fourth-order valence-electron chi connectivity index (χ4n) is 1.06. The highest BCUT2D eigenvalue weighted by Gasteiger charge is 2.14. The highest BCUT2D eigenvalue weighted by molar-refractivity contribution is 14.1. The summed E-state index contributed by atoms with van der Waals surface area (Å²) in [4.78, 5) is 10.0. The molecule has 0 saturated carbocycles. The van der Waals surface area contributed by atoms with Gasteiger partial charge >= 0.3 is 5.69 Å². The highest BCUT2D eigenvalue weighted by atomic mass is 127. The molecule has 96 valence electrons. The van der Waals surface area contributed by atoms with E-state index in [1.165, 1.54) is 0 Å². The van der Waals surface area contributed by atoms with Crippen LogP contribution in [0.15, 0.2) is 12.1 Å². The monoisotopic (exact) mass is 402 g/mol. The summed E-state index contributed by atoms with van der Waals surface area (Å²) in [6.45, 7) is 0. The van der Waals surface area contributed by atoms with Crippen molar-refractivity contribution in [3.63, 3.8) is 0 Å². The van der Waals surface area contributed by atoms with Gasteiger partial charge in [0.15, 0.2) is 4.98 Å². The molecule has 11 heteroatoms. The summed E-state index contributed by atoms with van der Waals surface area (Å²) in [6.07, 6.45) is 0. The third-order valence-corrected chi connectivity index (χ3v) is 2.67. The smallest absolute Gasteiger partial charge is 0.400 e. The number of nitrogens with zero attached hydrogens (tertiary/aromatic N) is 3. The van der Waals surface area contributed by atoms with E-state index in [0.717, 1.165) is 9.09 Å². The number of fused-ring (bicyclic) bond motifs is 1. The number of nitrogens with one attached hydrogen (secondary N) is 1. The largest absolute Gasteiger partial charge is 0.726 e. The van der Waals surface area contributed by atoms with Gasteiger partial charge in [0.2, 0.25) is 21.1 Å². The van der Waals surface area contributed by atoms with E-state index in [1.54, 1.807) is 6.07 Å². The van der Waals surface area contributed by atoms with Crippen molar-refractivity contribution >= 4 is 61.3 Å². The van der Waals surface area contributed by atoms with E-state index >= 15 is 0 Å². The van der Waals surface area contributed by atoms with Gasteiger partial charge in [0.05, 0.1) is 17.1 Å². The van der Waals surface area contributed by atoms with E-state index < -0.39 is 10.4 Å². The first-order valence-corrected chi connectivity index (χ1v) is 6.91. The molecule has 0 aliphatic carbocycles. The molecule has 0 amide bonds. The molecule has 0 radical (unpaired) electrons. The zero-order chi connectivity index (χ0) is 13.9. The lowest BCUT2D eigenvalue weighted by Crippen LogP contribution is -1.90. The molecule has 2 aromatic rings. The van der Waals surface area contributed by atoms with E-state index in [2.05, 4.69) is 37.5 Å². The fourth-order valence-corrected chi connectivity index (χ4v) is 1.83. The lowest BCUT2D eigenvalue weighted by atomic mass is 10.3. The van der Waals surface area contributed by atoms with Crippen LogP contribution in [0.1, 0.15) is 0 Å². The quantitative estimate of drug-likeness (QED) is 0.300. The van der Waals surface area contributed by atoms with E-state index in [0.29, 0.717) is 16.5 Å². The summed E-state index contributed by atoms with van der Waals surface area (Å²) in [5, 5.41) is 8.97. The number of hydrogen-bond donors (Lipinski definition) is 2. The lowest BCUT2D eigenvalue weighted by Gasteiger charge is -1.88. The molecule has 0 aliphatic rings. The molecule has 18 heavy (non-hydrogen) atoms. The Labute approximate surface area is 120 Å². The van der Waals surface area contributed by atoms with Gasteiger partial charge in [-0.15, -0.1) is 0 Å². The van der Waals surface area contributed by atoms with Crippen molar-refractivity contribution in [1.82, 2.24) is 9.97 Å². The lowest BCUT2D eigenvalue weighted by molar-refractivity contribution is 0.366. The van der Waals surface area contributed by atoms with Crippen LogP contribution < -0.4 is 0 Å². The summed E-state index contributed by atoms with van der Waals surface area (Å²) in [5.41, 5.74) is 2.02. The topological polar surface area (TPSA) is 134 Å². The van der Waals surface area contributed by atoms with Crippen LogP contribution >= 0.6 is 34.2 Å². The third-order valence-electron chi connectivity index (χ3n) is 1.63.